The number of amides is 1. The Kier molecular flexibility index (Phi) is 3.74. The van der Waals surface area contributed by atoms with Crippen molar-refractivity contribution in [3.8, 4) is 0 Å². The first-order valence-electron chi connectivity index (χ1n) is 5.88. The van der Waals surface area contributed by atoms with Crippen LogP contribution in [-0.4, -0.2) is 11.7 Å². The molecule has 1 amide bonds. The van der Waals surface area contributed by atoms with Gasteiger partial charge in [-0.05, 0) is 30.0 Å². The highest BCUT2D eigenvalue weighted by Crippen LogP contribution is 2.33. The van der Waals surface area contributed by atoms with Gasteiger partial charge in [-0.1, -0.05) is 19.9 Å². The van der Waals surface area contributed by atoms with Crippen molar-refractivity contribution in [3.05, 3.63) is 23.8 Å². The van der Waals surface area contributed by atoms with E-state index >= 15 is 0 Å². The molecule has 0 saturated heterocycles. The van der Waals surface area contributed by atoms with E-state index in [4.69, 9.17) is 5.73 Å². The van der Waals surface area contributed by atoms with Crippen molar-refractivity contribution in [2.45, 2.75) is 31.2 Å². The summed E-state index contributed by atoms with van der Waals surface area (Å²) >= 11 is 1.58. The van der Waals surface area contributed by atoms with Crippen LogP contribution in [0.5, 0.6) is 0 Å². The molecule has 3 nitrogen and oxygen atoms in total. The van der Waals surface area contributed by atoms with Crippen LogP contribution < -0.4 is 11.1 Å². The molecule has 0 saturated carbocycles. The first kappa shape index (κ1) is 12.5. The van der Waals surface area contributed by atoms with Crippen molar-refractivity contribution in [2.24, 2.45) is 11.7 Å². The van der Waals surface area contributed by atoms with Crippen LogP contribution >= 0.6 is 11.8 Å². The third-order valence-electron chi connectivity index (χ3n) is 2.79. The topological polar surface area (TPSA) is 55.1 Å². The molecule has 1 heterocycles. The molecule has 0 fully saturated rings. The second-order valence-corrected chi connectivity index (χ2v) is 5.85. The fourth-order valence-electron chi connectivity index (χ4n) is 1.98. The van der Waals surface area contributed by atoms with E-state index in [1.54, 1.807) is 11.8 Å². The lowest BCUT2D eigenvalue weighted by molar-refractivity contribution is -0.113. The van der Waals surface area contributed by atoms with Crippen molar-refractivity contribution in [1.29, 1.82) is 0 Å². The summed E-state index contributed by atoms with van der Waals surface area (Å²) in [5.41, 5.74) is 8.15. The van der Waals surface area contributed by atoms with Crippen molar-refractivity contribution < 1.29 is 4.79 Å². The fraction of sp³-hybridized carbons (Fsp3) is 0.462. The zero-order chi connectivity index (χ0) is 12.4. The van der Waals surface area contributed by atoms with Crippen LogP contribution in [0.25, 0.3) is 0 Å². The summed E-state index contributed by atoms with van der Waals surface area (Å²) in [6.45, 7) is 4.33. The number of rotatable bonds is 3. The number of fused-ring (bicyclic) bond motifs is 1. The minimum Gasteiger partial charge on any atom is -0.324 e. The predicted octanol–water partition coefficient (Wildman–Crippen LogP) is 2.78. The van der Waals surface area contributed by atoms with Gasteiger partial charge in [-0.2, -0.15) is 0 Å². The highest BCUT2D eigenvalue weighted by Gasteiger charge is 2.17. The largest absolute Gasteiger partial charge is 0.324 e. The molecule has 17 heavy (non-hydrogen) atoms. The minimum absolute atomic E-state index is 0.0455. The molecule has 1 aliphatic rings. The number of thioether (sulfide) groups is 1. The van der Waals surface area contributed by atoms with E-state index in [-0.39, 0.29) is 11.9 Å². The average molecular weight is 250 g/mol. The second kappa shape index (κ2) is 5.10. The van der Waals surface area contributed by atoms with E-state index in [1.807, 2.05) is 6.07 Å². The molecule has 0 spiro atoms. The first-order chi connectivity index (χ1) is 8.06. The van der Waals surface area contributed by atoms with Gasteiger partial charge < -0.3 is 11.1 Å². The normalized spacial score (nSPS) is 16.6. The molecular formula is C13H18N2OS. The summed E-state index contributed by atoms with van der Waals surface area (Å²) in [7, 11) is 0. The maximum absolute atomic E-state index is 11.3. The van der Waals surface area contributed by atoms with Crippen LogP contribution in [0.2, 0.25) is 0 Å². The van der Waals surface area contributed by atoms with Crippen molar-refractivity contribution in [1.82, 2.24) is 0 Å². The number of benzene rings is 1. The molecule has 1 atom stereocenters. The van der Waals surface area contributed by atoms with Gasteiger partial charge in [0.25, 0.3) is 0 Å². The summed E-state index contributed by atoms with van der Waals surface area (Å²) in [4.78, 5) is 12.5. The minimum atomic E-state index is 0.0455. The van der Waals surface area contributed by atoms with Gasteiger partial charge in [0.05, 0.1) is 11.4 Å². The number of hydrogen-bond acceptors (Lipinski definition) is 3. The quantitative estimate of drug-likeness (QED) is 0.867. The number of carbonyl (C=O) groups excluding carboxylic acids is 1. The average Bonchev–Trinajstić information content (AvgIpc) is 2.27. The summed E-state index contributed by atoms with van der Waals surface area (Å²) in [6.07, 6.45) is 0.958. The maximum atomic E-state index is 11.3. The van der Waals surface area contributed by atoms with E-state index in [9.17, 15) is 4.79 Å². The molecule has 0 radical (unpaired) electrons. The number of nitrogens with one attached hydrogen (secondary N) is 1. The van der Waals surface area contributed by atoms with Gasteiger partial charge >= 0.3 is 0 Å². The molecule has 0 aromatic heterocycles. The van der Waals surface area contributed by atoms with Gasteiger partial charge in [0.1, 0.15) is 0 Å². The molecule has 1 aliphatic heterocycles. The lowest BCUT2D eigenvalue weighted by atomic mass is 9.97. The Bertz CT molecular complexity index is 431. The van der Waals surface area contributed by atoms with Crippen LogP contribution in [0.1, 0.15) is 31.9 Å². The predicted molar refractivity (Wildman–Crippen MR) is 72.2 cm³/mol. The summed E-state index contributed by atoms with van der Waals surface area (Å²) in [5.74, 6) is 1.15. The number of carbonyl (C=O) groups is 1. The number of hydrogen-bond donors (Lipinski definition) is 2. The highest BCUT2D eigenvalue weighted by atomic mass is 32.2. The summed E-state index contributed by atoms with van der Waals surface area (Å²) < 4.78 is 0. The molecule has 1 aromatic carbocycles. The van der Waals surface area contributed by atoms with Crippen LogP contribution in [0, 0.1) is 5.92 Å². The first-order valence-corrected chi connectivity index (χ1v) is 6.87. The molecule has 2 rings (SSSR count). The van der Waals surface area contributed by atoms with Gasteiger partial charge in [-0.15, -0.1) is 11.8 Å². The van der Waals surface area contributed by atoms with E-state index in [2.05, 4.69) is 31.3 Å². The zero-order valence-corrected chi connectivity index (χ0v) is 11.0. The SMILES string of the molecule is CC(C)CC(N)c1ccc2c(c1)NC(=O)CS2. The maximum Gasteiger partial charge on any atom is 0.234 e. The Morgan fingerprint density at radius 1 is 1.47 bits per heavy atom. The fourth-order valence-corrected chi connectivity index (χ4v) is 2.76. The molecule has 92 valence electrons. The number of nitrogens with two attached hydrogens (primary N) is 1. The summed E-state index contributed by atoms with van der Waals surface area (Å²) in [5, 5.41) is 2.89. The van der Waals surface area contributed by atoms with Gasteiger partial charge in [0.2, 0.25) is 5.91 Å². The molecular weight excluding hydrogens is 232 g/mol. The van der Waals surface area contributed by atoms with E-state index < -0.39 is 0 Å². The highest BCUT2D eigenvalue weighted by molar-refractivity contribution is 8.00. The van der Waals surface area contributed by atoms with E-state index in [1.165, 1.54) is 0 Å². The summed E-state index contributed by atoms with van der Waals surface area (Å²) in [6, 6.07) is 6.17. The van der Waals surface area contributed by atoms with Crippen molar-refractivity contribution in [3.63, 3.8) is 0 Å². The lowest BCUT2D eigenvalue weighted by Gasteiger charge is -2.20. The van der Waals surface area contributed by atoms with Crippen molar-refractivity contribution in [2.75, 3.05) is 11.1 Å². The molecule has 0 bridgehead atoms. The van der Waals surface area contributed by atoms with E-state index in [0.717, 1.165) is 22.6 Å². The second-order valence-electron chi connectivity index (χ2n) is 4.83. The van der Waals surface area contributed by atoms with Crippen LogP contribution in [0.4, 0.5) is 5.69 Å². The smallest absolute Gasteiger partial charge is 0.234 e. The molecule has 0 aliphatic carbocycles. The Morgan fingerprint density at radius 3 is 2.94 bits per heavy atom. The molecule has 4 heteroatoms. The Labute approximate surface area is 106 Å². The van der Waals surface area contributed by atoms with Crippen LogP contribution in [0.3, 0.4) is 0 Å². The number of anilines is 1. The Morgan fingerprint density at radius 2 is 2.24 bits per heavy atom. The van der Waals surface area contributed by atoms with Crippen LogP contribution in [0.15, 0.2) is 23.1 Å². The lowest BCUT2D eigenvalue weighted by Crippen LogP contribution is -2.20. The van der Waals surface area contributed by atoms with Gasteiger partial charge in [0.15, 0.2) is 0 Å². The van der Waals surface area contributed by atoms with Gasteiger partial charge in [-0.3, -0.25) is 4.79 Å². The molecule has 3 N–H and O–H groups in total. The van der Waals surface area contributed by atoms with Gasteiger partial charge in [0, 0.05) is 10.9 Å². The third-order valence-corrected chi connectivity index (χ3v) is 3.86. The standard InChI is InChI=1S/C13H18N2OS/c1-8(2)5-10(14)9-3-4-12-11(6-9)15-13(16)7-17-12/h3-4,6,8,10H,5,7,14H2,1-2H3,(H,15,16). The van der Waals surface area contributed by atoms with Gasteiger partial charge in [-0.25, -0.2) is 0 Å². The van der Waals surface area contributed by atoms with Crippen molar-refractivity contribution >= 4 is 23.4 Å². The molecule has 1 unspecified atom stereocenters. The monoisotopic (exact) mass is 250 g/mol. The van der Waals surface area contributed by atoms with Crippen LogP contribution in [-0.2, 0) is 4.79 Å². The molecule has 1 aromatic rings. The third kappa shape index (κ3) is 3.01. The Hall–Kier alpha value is -1.000. The van der Waals surface area contributed by atoms with E-state index in [0.29, 0.717) is 11.7 Å². The zero-order valence-electron chi connectivity index (χ0n) is 10.2. The Balaban J connectivity index is 2.20.